The van der Waals surface area contributed by atoms with E-state index < -0.39 is 0 Å². The van der Waals surface area contributed by atoms with Crippen molar-refractivity contribution >= 4 is 28.4 Å². The first-order valence-electron chi connectivity index (χ1n) is 8.20. The number of nitrogens with zero attached hydrogens (tertiary/aromatic N) is 1. The predicted molar refractivity (Wildman–Crippen MR) is 96.0 cm³/mol. The molecule has 0 aromatic heterocycles. The van der Waals surface area contributed by atoms with Crippen LogP contribution in [-0.4, -0.2) is 35.0 Å². The van der Waals surface area contributed by atoms with E-state index in [9.17, 15) is 9.59 Å². The molecule has 2 aromatic rings. The van der Waals surface area contributed by atoms with E-state index in [1.807, 2.05) is 68.1 Å². The zero-order valence-electron chi connectivity index (χ0n) is 14.3. The van der Waals surface area contributed by atoms with E-state index in [4.69, 9.17) is 0 Å². The highest BCUT2D eigenvalue weighted by Gasteiger charge is 2.36. The molecule has 1 atom stereocenters. The lowest BCUT2D eigenvalue weighted by molar-refractivity contribution is -0.131. The number of rotatable bonds is 2. The molecule has 1 unspecified atom stereocenters. The van der Waals surface area contributed by atoms with E-state index in [1.165, 1.54) is 0 Å². The quantitative estimate of drug-likeness (QED) is 0.889. The molecule has 2 N–H and O–H groups in total. The van der Waals surface area contributed by atoms with Crippen LogP contribution in [0.1, 0.15) is 27.2 Å². The van der Waals surface area contributed by atoms with E-state index in [2.05, 4.69) is 10.6 Å². The van der Waals surface area contributed by atoms with Crippen molar-refractivity contribution < 1.29 is 9.59 Å². The van der Waals surface area contributed by atoms with Gasteiger partial charge in [-0.15, -0.1) is 0 Å². The fourth-order valence-corrected chi connectivity index (χ4v) is 3.07. The topological polar surface area (TPSA) is 61.4 Å². The lowest BCUT2D eigenvalue weighted by Crippen LogP contribution is -2.45. The normalized spacial score (nSPS) is 18.0. The molecule has 1 fully saturated rings. The number of hydrogen-bond acceptors (Lipinski definition) is 2. The predicted octanol–water partition coefficient (Wildman–Crippen LogP) is 3.36. The highest BCUT2D eigenvalue weighted by atomic mass is 16.2. The standard InChI is InChI=1S/C19H23N3O2/c1-19(2,3)22-12-16(11-17(22)23)21-18(24)20-15-9-8-13-6-4-5-7-14(13)10-15/h4-10,16H,11-12H2,1-3H3,(H2,20,21,24). The van der Waals surface area contributed by atoms with Crippen molar-refractivity contribution in [3.05, 3.63) is 42.5 Å². The van der Waals surface area contributed by atoms with Crippen molar-refractivity contribution in [3.8, 4) is 0 Å². The highest BCUT2D eigenvalue weighted by Crippen LogP contribution is 2.22. The van der Waals surface area contributed by atoms with Gasteiger partial charge in [0, 0.05) is 24.2 Å². The van der Waals surface area contributed by atoms with Crippen molar-refractivity contribution in [2.75, 3.05) is 11.9 Å². The van der Waals surface area contributed by atoms with Gasteiger partial charge in [0.05, 0.1) is 6.04 Å². The van der Waals surface area contributed by atoms with Gasteiger partial charge in [-0.25, -0.2) is 4.79 Å². The molecule has 0 bridgehead atoms. The van der Waals surface area contributed by atoms with E-state index in [0.717, 1.165) is 16.5 Å². The van der Waals surface area contributed by atoms with Gasteiger partial charge in [-0.2, -0.15) is 0 Å². The third kappa shape index (κ3) is 3.50. The summed E-state index contributed by atoms with van der Waals surface area (Å²) in [6, 6.07) is 13.4. The monoisotopic (exact) mass is 325 g/mol. The van der Waals surface area contributed by atoms with Crippen molar-refractivity contribution in [1.82, 2.24) is 10.2 Å². The van der Waals surface area contributed by atoms with Gasteiger partial charge in [-0.1, -0.05) is 30.3 Å². The SMILES string of the molecule is CC(C)(C)N1CC(NC(=O)Nc2ccc3ccccc3c2)CC1=O. The van der Waals surface area contributed by atoms with Gasteiger partial charge in [-0.3, -0.25) is 4.79 Å². The Kier molecular flexibility index (Phi) is 4.18. The first-order chi connectivity index (χ1) is 11.3. The van der Waals surface area contributed by atoms with Gasteiger partial charge in [0.1, 0.15) is 0 Å². The fourth-order valence-electron chi connectivity index (χ4n) is 3.07. The second kappa shape index (κ2) is 6.15. The Balaban J connectivity index is 1.62. The molecule has 1 saturated heterocycles. The minimum absolute atomic E-state index is 0.0819. The van der Waals surface area contributed by atoms with Gasteiger partial charge in [0.2, 0.25) is 5.91 Å². The van der Waals surface area contributed by atoms with Crippen LogP contribution >= 0.6 is 0 Å². The van der Waals surface area contributed by atoms with Crippen LogP contribution in [0.4, 0.5) is 10.5 Å². The summed E-state index contributed by atoms with van der Waals surface area (Å²) in [4.78, 5) is 26.1. The number of urea groups is 1. The molecule has 0 saturated carbocycles. The number of carbonyl (C=O) groups excluding carboxylic acids is 2. The second-order valence-electron chi connectivity index (χ2n) is 7.24. The summed E-state index contributed by atoms with van der Waals surface area (Å²) in [5.74, 6) is 0.0819. The second-order valence-corrected chi connectivity index (χ2v) is 7.24. The van der Waals surface area contributed by atoms with Crippen LogP contribution in [0.3, 0.4) is 0 Å². The van der Waals surface area contributed by atoms with Gasteiger partial charge < -0.3 is 15.5 Å². The van der Waals surface area contributed by atoms with Crippen LogP contribution in [0.5, 0.6) is 0 Å². The van der Waals surface area contributed by atoms with Crippen LogP contribution in [-0.2, 0) is 4.79 Å². The average molecular weight is 325 g/mol. The molecule has 2 aromatic carbocycles. The minimum Gasteiger partial charge on any atom is -0.336 e. The van der Waals surface area contributed by atoms with Crippen LogP contribution < -0.4 is 10.6 Å². The molecule has 1 aliphatic rings. The Morgan fingerprint density at radius 2 is 1.83 bits per heavy atom. The van der Waals surface area contributed by atoms with E-state index in [0.29, 0.717) is 13.0 Å². The lowest BCUT2D eigenvalue weighted by Gasteiger charge is -2.32. The molecular formula is C19H23N3O2. The largest absolute Gasteiger partial charge is 0.336 e. The Hall–Kier alpha value is -2.56. The molecule has 126 valence electrons. The van der Waals surface area contributed by atoms with Crippen LogP contribution in [0.25, 0.3) is 10.8 Å². The molecule has 5 heteroatoms. The lowest BCUT2D eigenvalue weighted by atomic mass is 10.1. The Morgan fingerprint density at radius 3 is 2.50 bits per heavy atom. The van der Waals surface area contributed by atoms with E-state index in [-0.39, 0.29) is 23.5 Å². The molecule has 1 aliphatic heterocycles. The molecular weight excluding hydrogens is 302 g/mol. The molecule has 3 rings (SSSR count). The average Bonchev–Trinajstić information content (AvgIpc) is 2.87. The summed E-state index contributed by atoms with van der Waals surface area (Å²) >= 11 is 0. The van der Waals surface area contributed by atoms with Crippen molar-refractivity contribution in [2.45, 2.75) is 38.8 Å². The Morgan fingerprint density at radius 1 is 1.12 bits per heavy atom. The zero-order chi connectivity index (χ0) is 17.3. The maximum atomic E-state index is 12.2. The third-order valence-corrected chi connectivity index (χ3v) is 4.28. The third-order valence-electron chi connectivity index (χ3n) is 4.28. The Labute approximate surface area is 142 Å². The molecule has 1 heterocycles. The number of hydrogen-bond donors (Lipinski definition) is 2. The van der Waals surface area contributed by atoms with Gasteiger partial charge in [0.25, 0.3) is 0 Å². The first-order valence-corrected chi connectivity index (χ1v) is 8.20. The maximum Gasteiger partial charge on any atom is 0.319 e. The summed E-state index contributed by atoms with van der Waals surface area (Å²) in [5.41, 5.74) is 0.519. The molecule has 0 spiro atoms. The fraction of sp³-hybridized carbons (Fsp3) is 0.368. The minimum atomic E-state index is -0.279. The van der Waals surface area contributed by atoms with Crippen molar-refractivity contribution in [2.24, 2.45) is 0 Å². The highest BCUT2D eigenvalue weighted by molar-refractivity contribution is 5.94. The number of amides is 3. The number of fused-ring (bicyclic) bond motifs is 1. The van der Waals surface area contributed by atoms with Crippen LogP contribution in [0.2, 0.25) is 0 Å². The van der Waals surface area contributed by atoms with Crippen molar-refractivity contribution in [3.63, 3.8) is 0 Å². The summed E-state index contributed by atoms with van der Waals surface area (Å²) < 4.78 is 0. The summed E-state index contributed by atoms with van der Waals surface area (Å²) in [6.45, 7) is 6.56. The Bertz CT molecular complexity index is 780. The number of benzene rings is 2. The van der Waals surface area contributed by atoms with E-state index in [1.54, 1.807) is 0 Å². The smallest absolute Gasteiger partial charge is 0.319 e. The summed E-state index contributed by atoms with van der Waals surface area (Å²) in [7, 11) is 0. The van der Waals surface area contributed by atoms with Crippen LogP contribution in [0, 0.1) is 0 Å². The maximum absolute atomic E-state index is 12.2. The van der Waals surface area contributed by atoms with Gasteiger partial charge in [-0.05, 0) is 43.7 Å². The number of anilines is 1. The molecule has 3 amide bonds. The summed E-state index contributed by atoms with van der Waals surface area (Å²) in [6.07, 6.45) is 0.350. The molecule has 24 heavy (non-hydrogen) atoms. The van der Waals surface area contributed by atoms with Gasteiger partial charge in [0.15, 0.2) is 0 Å². The van der Waals surface area contributed by atoms with Gasteiger partial charge >= 0.3 is 6.03 Å². The number of likely N-dealkylation sites (tertiary alicyclic amines) is 1. The number of nitrogens with one attached hydrogen (secondary N) is 2. The molecule has 0 radical (unpaired) electrons. The van der Waals surface area contributed by atoms with E-state index >= 15 is 0 Å². The van der Waals surface area contributed by atoms with Crippen LogP contribution in [0.15, 0.2) is 42.5 Å². The molecule has 5 nitrogen and oxygen atoms in total. The van der Waals surface area contributed by atoms with Crippen molar-refractivity contribution in [1.29, 1.82) is 0 Å². The zero-order valence-corrected chi connectivity index (χ0v) is 14.3. The first kappa shape index (κ1) is 16.3. The summed E-state index contributed by atoms with van der Waals surface area (Å²) in [5, 5.41) is 7.95. The number of carbonyl (C=O) groups is 2. The molecule has 0 aliphatic carbocycles.